The molecule has 5 nitrogen and oxygen atoms in total. The van der Waals surface area contributed by atoms with Crippen LogP contribution >= 0.6 is 0 Å². The Morgan fingerprint density at radius 1 is 1.15 bits per heavy atom. The number of hydrogen-bond acceptors (Lipinski definition) is 4. The lowest BCUT2D eigenvalue weighted by Crippen LogP contribution is -2.15. The van der Waals surface area contributed by atoms with Gasteiger partial charge in [-0.15, -0.1) is 0 Å². The highest BCUT2D eigenvalue weighted by molar-refractivity contribution is 6.04. The molecule has 1 aromatic heterocycles. The molecule has 0 radical (unpaired) electrons. The third-order valence-electron chi connectivity index (χ3n) is 4.86. The number of aromatic nitrogens is 2. The number of anilines is 2. The number of rotatable bonds is 7. The summed E-state index contributed by atoms with van der Waals surface area (Å²) in [6, 6.07) is 7.86. The molecule has 0 fully saturated rings. The van der Waals surface area contributed by atoms with Gasteiger partial charge in [0.25, 0.3) is 5.91 Å². The van der Waals surface area contributed by atoms with E-state index in [1.54, 1.807) is 12.4 Å². The van der Waals surface area contributed by atoms with Crippen molar-refractivity contribution in [2.45, 2.75) is 51.9 Å². The minimum Gasteiger partial charge on any atom is -0.354 e. The summed E-state index contributed by atoms with van der Waals surface area (Å²) < 4.78 is 0. The van der Waals surface area contributed by atoms with Crippen molar-refractivity contribution in [2.75, 3.05) is 17.2 Å². The Bertz CT molecular complexity index is 796. The lowest BCUT2D eigenvalue weighted by Gasteiger charge is -2.14. The first-order valence-corrected chi connectivity index (χ1v) is 9.77. The van der Waals surface area contributed by atoms with Crippen molar-refractivity contribution >= 4 is 17.5 Å². The van der Waals surface area contributed by atoms with Gasteiger partial charge in [0.1, 0.15) is 0 Å². The average molecular weight is 364 g/mol. The van der Waals surface area contributed by atoms with Gasteiger partial charge in [0.15, 0.2) is 0 Å². The number of carbonyl (C=O) groups is 1. The highest BCUT2D eigenvalue weighted by Crippen LogP contribution is 2.24. The summed E-state index contributed by atoms with van der Waals surface area (Å²) >= 11 is 0. The number of para-hydroxylation sites is 1. The van der Waals surface area contributed by atoms with Gasteiger partial charge < -0.3 is 10.6 Å². The van der Waals surface area contributed by atoms with Crippen LogP contribution in [0, 0.1) is 0 Å². The summed E-state index contributed by atoms with van der Waals surface area (Å²) in [5.41, 5.74) is 3.92. The van der Waals surface area contributed by atoms with Crippen molar-refractivity contribution < 1.29 is 4.79 Å². The molecular formula is C22H28N4O. The third-order valence-corrected chi connectivity index (χ3v) is 4.86. The number of nitrogens with one attached hydrogen (secondary N) is 2. The molecule has 1 aromatic carbocycles. The van der Waals surface area contributed by atoms with E-state index in [0.29, 0.717) is 17.4 Å². The molecule has 2 aromatic rings. The number of benzene rings is 1. The SMILES string of the molecule is CC(C)c1ccccc1NC(=O)c1cnc(NCCC2=CCCCC2)nc1. The molecule has 0 bridgehead atoms. The molecule has 3 rings (SSSR count). The molecular weight excluding hydrogens is 336 g/mol. The van der Waals surface area contributed by atoms with Gasteiger partial charge in [-0.1, -0.05) is 43.7 Å². The Hall–Kier alpha value is -2.69. The van der Waals surface area contributed by atoms with Crippen LogP contribution in [0.5, 0.6) is 0 Å². The van der Waals surface area contributed by atoms with Gasteiger partial charge in [-0.05, 0) is 49.7 Å². The molecule has 0 spiro atoms. The smallest absolute Gasteiger partial charge is 0.258 e. The van der Waals surface area contributed by atoms with Crippen LogP contribution in [-0.2, 0) is 0 Å². The molecule has 27 heavy (non-hydrogen) atoms. The zero-order valence-corrected chi connectivity index (χ0v) is 16.2. The van der Waals surface area contributed by atoms with Gasteiger partial charge in [0.05, 0.1) is 5.56 Å². The Morgan fingerprint density at radius 2 is 1.93 bits per heavy atom. The lowest BCUT2D eigenvalue weighted by atomic mass is 9.97. The molecule has 0 atom stereocenters. The minimum atomic E-state index is -0.193. The molecule has 0 aliphatic heterocycles. The van der Waals surface area contributed by atoms with Crippen LogP contribution in [0.3, 0.4) is 0 Å². The summed E-state index contributed by atoms with van der Waals surface area (Å²) in [5.74, 6) is 0.705. The summed E-state index contributed by atoms with van der Waals surface area (Å²) in [6.45, 7) is 5.04. The van der Waals surface area contributed by atoms with E-state index >= 15 is 0 Å². The summed E-state index contributed by atoms with van der Waals surface area (Å²) in [7, 11) is 0. The normalized spacial score (nSPS) is 14.0. The number of carbonyl (C=O) groups excluding carboxylic acids is 1. The van der Waals surface area contributed by atoms with E-state index in [4.69, 9.17) is 0 Å². The predicted octanol–water partition coefficient (Wildman–Crippen LogP) is 5.15. The highest BCUT2D eigenvalue weighted by Gasteiger charge is 2.12. The second-order valence-corrected chi connectivity index (χ2v) is 7.28. The van der Waals surface area contributed by atoms with Crippen LogP contribution in [0.4, 0.5) is 11.6 Å². The Morgan fingerprint density at radius 3 is 2.63 bits per heavy atom. The van der Waals surface area contributed by atoms with Gasteiger partial charge in [-0.25, -0.2) is 9.97 Å². The Labute approximate surface area is 161 Å². The molecule has 1 aliphatic rings. The van der Waals surface area contributed by atoms with Gasteiger partial charge in [0.2, 0.25) is 5.95 Å². The van der Waals surface area contributed by atoms with Crippen LogP contribution in [-0.4, -0.2) is 22.4 Å². The van der Waals surface area contributed by atoms with Crippen LogP contribution in [0.1, 0.15) is 67.8 Å². The van der Waals surface area contributed by atoms with E-state index in [9.17, 15) is 4.79 Å². The molecule has 1 amide bonds. The van der Waals surface area contributed by atoms with Crippen LogP contribution in [0.25, 0.3) is 0 Å². The summed E-state index contributed by atoms with van der Waals surface area (Å²) in [5, 5.41) is 6.20. The van der Waals surface area contributed by atoms with E-state index in [2.05, 4.69) is 40.5 Å². The first-order chi connectivity index (χ1) is 13.1. The maximum absolute atomic E-state index is 12.5. The summed E-state index contributed by atoms with van der Waals surface area (Å²) in [6.07, 6.45) is 11.5. The number of hydrogen-bond donors (Lipinski definition) is 2. The molecule has 1 aliphatic carbocycles. The van der Waals surface area contributed by atoms with Gasteiger partial charge in [-0.2, -0.15) is 0 Å². The van der Waals surface area contributed by atoms with Gasteiger partial charge in [-0.3, -0.25) is 4.79 Å². The van der Waals surface area contributed by atoms with E-state index in [-0.39, 0.29) is 5.91 Å². The molecule has 1 heterocycles. The maximum atomic E-state index is 12.5. The fourth-order valence-corrected chi connectivity index (χ4v) is 3.31. The molecule has 0 saturated carbocycles. The van der Waals surface area contributed by atoms with Crippen molar-refractivity contribution in [1.82, 2.24) is 9.97 Å². The van der Waals surface area contributed by atoms with E-state index < -0.39 is 0 Å². The van der Waals surface area contributed by atoms with Crippen molar-refractivity contribution in [1.29, 1.82) is 0 Å². The standard InChI is InChI=1S/C22H28N4O/c1-16(2)19-10-6-7-11-20(19)26-21(27)18-14-24-22(25-15-18)23-13-12-17-8-4-3-5-9-17/h6-8,10-11,14-16H,3-5,9,12-13H2,1-2H3,(H,26,27)(H,23,24,25). The number of nitrogens with zero attached hydrogens (tertiary/aromatic N) is 2. The van der Waals surface area contributed by atoms with Crippen LogP contribution in [0.2, 0.25) is 0 Å². The second kappa shape index (κ2) is 9.31. The van der Waals surface area contributed by atoms with E-state index in [1.807, 2.05) is 24.3 Å². The number of amides is 1. The lowest BCUT2D eigenvalue weighted by molar-refractivity contribution is 0.102. The molecule has 142 valence electrons. The summed E-state index contributed by atoms with van der Waals surface area (Å²) in [4.78, 5) is 21.1. The Balaban J connectivity index is 1.55. The number of allylic oxidation sites excluding steroid dienone is 1. The van der Waals surface area contributed by atoms with Gasteiger partial charge in [0, 0.05) is 24.6 Å². The molecule has 5 heteroatoms. The largest absolute Gasteiger partial charge is 0.354 e. The van der Waals surface area contributed by atoms with Gasteiger partial charge >= 0.3 is 0 Å². The predicted molar refractivity (Wildman–Crippen MR) is 110 cm³/mol. The molecule has 0 saturated heterocycles. The highest BCUT2D eigenvalue weighted by atomic mass is 16.1. The average Bonchev–Trinajstić information content (AvgIpc) is 2.69. The maximum Gasteiger partial charge on any atom is 0.258 e. The third kappa shape index (κ3) is 5.39. The topological polar surface area (TPSA) is 66.9 Å². The van der Waals surface area contributed by atoms with Crippen LogP contribution < -0.4 is 10.6 Å². The first-order valence-electron chi connectivity index (χ1n) is 9.77. The monoisotopic (exact) mass is 364 g/mol. The molecule has 2 N–H and O–H groups in total. The fourth-order valence-electron chi connectivity index (χ4n) is 3.31. The van der Waals surface area contributed by atoms with Crippen molar-refractivity contribution in [3.8, 4) is 0 Å². The Kier molecular flexibility index (Phi) is 6.58. The van der Waals surface area contributed by atoms with E-state index in [0.717, 1.165) is 24.2 Å². The zero-order chi connectivity index (χ0) is 19.1. The van der Waals surface area contributed by atoms with E-state index in [1.165, 1.54) is 31.3 Å². The quantitative estimate of drug-likeness (QED) is 0.666. The van der Waals surface area contributed by atoms with Crippen molar-refractivity contribution in [3.63, 3.8) is 0 Å². The zero-order valence-electron chi connectivity index (χ0n) is 16.2. The second-order valence-electron chi connectivity index (χ2n) is 7.28. The van der Waals surface area contributed by atoms with Crippen molar-refractivity contribution in [2.24, 2.45) is 0 Å². The van der Waals surface area contributed by atoms with Crippen molar-refractivity contribution in [3.05, 3.63) is 59.4 Å². The minimum absolute atomic E-state index is 0.193. The fraction of sp³-hybridized carbons (Fsp3) is 0.409. The van der Waals surface area contributed by atoms with Crippen LogP contribution in [0.15, 0.2) is 48.3 Å². The molecule has 0 unspecified atom stereocenters. The first kappa shape index (κ1) is 19.1.